The van der Waals surface area contributed by atoms with Crippen LogP contribution < -0.4 is 20.1 Å². The summed E-state index contributed by atoms with van der Waals surface area (Å²) >= 11 is 0. The number of rotatable bonds is 9. The molecule has 0 fully saturated rings. The van der Waals surface area contributed by atoms with Crippen LogP contribution in [0.4, 0.5) is 0 Å². The molecule has 0 bridgehead atoms. The number of ether oxygens (including phenoxy) is 2. The normalized spacial score (nSPS) is 10.5. The van der Waals surface area contributed by atoms with Gasteiger partial charge in [-0.3, -0.25) is 4.79 Å². The topological polar surface area (TPSA) is 59.6 Å². The van der Waals surface area contributed by atoms with Gasteiger partial charge in [-0.1, -0.05) is 26.0 Å². The lowest BCUT2D eigenvalue weighted by Gasteiger charge is -2.16. The van der Waals surface area contributed by atoms with E-state index in [0.717, 1.165) is 12.1 Å². The van der Waals surface area contributed by atoms with E-state index in [4.69, 9.17) is 9.47 Å². The Morgan fingerprint density at radius 3 is 2.71 bits per heavy atom. The lowest BCUT2D eigenvalue weighted by atomic mass is 10.1. The van der Waals surface area contributed by atoms with Crippen LogP contribution in [0.25, 0.3) is 0 Å². The Hall–Kier alpha value is -1.75. The molecule has 0 aliphatic heterocycles. The van der Waals surface area contributed by atoms with Crippen molar-refractivity contribution in [2.75, 3.05) is 26.8 Å². The highest BCUT2D eigenvalue weighted by molar-refractivity contribution is 5.77. The minimum atomic E-state index is -0.135. The Morgan fingerprint density at radius 2 is 2.10 bits per heavy atom. The predicted octanol–water partition coefficient (Wildman–Crippen LogP) is 1.96. The number of likely N-dealkylation sites (N-methyl/N-ethyl adjacent to an activating group) is 1. The molecule has 0 unspecified atom stereocenters. The van der Waals surface area contributed by atoms with Crippen LogP contribution in [0, 0.1) is 5.92 Å². The molecule has 5 heteroatoms. The van der Waals surface area contributed by atoms with Crippen molar-refractivity contribution in [1.82, 2.24) is 10.6 Å². The molecule has 0 aliphatic rings. The summed E-state index contributed by atoms with van der Waals surface area (Å²) in [6.07, 6.45) is 0. The monoisotopic (exact) mass is 294 g/mol. The smallest absolute Gasteiger partial charge is 0.257 e. The fraction of sp³-hybridized carbons (Fsp3) is 0.562. The van der Waals surface area contributed by atoms with Crippen molar-refractivity contribution in [3.63, 3.8) is 0 Å². The van der Waals surface area contributed by atoms with Crippen molar-refractivity contribution in [2.45, 2.75) is 27.3 Å². The summed E-state index contributed by atoms with van der Waals surface area (Å²) in [5, 5.41) is 6.08. The number of methoxy groups -OCH3 is 1. The first-order valence-corrected chi connectivity index (χ1v) is 7.34. The maximum atomic E-state index is 11.5. The third-order valence-electron chi connectivity index (χ3n) is 2.87. The maximum absolute atomic E-state index is 11.5. The quantitative estimate of drug-likeness (QED) is 0.731. The van der Waals surface area contributed by atoms with Gasteiger partial charge in [0, 0.05) is 18.7 Å². The highest BCUT2D eigenvalue weighted by atomic mass is 16.5. The summed E-state index contributed by atoms with van der Waals surface area (Å²) in [6, 6.07) is 5.73. The summed E-state index contributed by atoms with van der Waals surface area (Å²) in [4.78, 5) is 11.5. The Labute approximate surface area is 127 Å². The van der Waals surface area contributed by atoms with E-state index in [9.17, 15) is 4.79 Å². The molecule has 1 aromatic rings. The van der Waals surface area contributed by atoms with E-state index in [1.165, 1.54) is 0 Å². The predicted molar refractivity (Wildman–Crippen MR) is 83.7 cm³/mol. The molecule has 1 aromatic carbocycles. The number of nitrogens with one attached hydrogen (secondary N) is 2. The van der Waals surface area contributed by atoms with Crippen molar-refractivity contribution >= 4 is 5.91 Å². The number of hydrogen-bond acceptors (Lipinski definition) is 4. The van der Waals surface area contributed by atoms with Gasteiger partial charge in [-0.25, -0.2) is 0 Å². The summed E-state index contributed by atoms with van der Waals surface area (Å²) in [6.45, 7) is 8.38. The zero-order chi connectivity index (χ0) is 15.7. The first-order valence-electron chi connectivity index (χ1n) is 7.34. The third kappa shape index (κ3) is 6.04. The Bertz CT molecular complexity index is 447. The van der Waals surface area contributed by atoms with Crippen LogP contribution in [-0.2, 0) is 11.3 Å². The molecule has 2 N–H and O–H groups in total. The average molecular weight is 294 g/mol. The number of carbonyl (C=O) groups is 1. The molecule has 118 valence electrons. The lowest BCUT2D eigenvalue weighted by Crippen LogP contribution is -2.29. The van der Waals surface area contributed by atoms with Crippen LogP contribution in [0.1, 0.15) is 26.3 Å². The van der Waals surface area contributed by atoms with E-state index < -0.39 is 0 Å². The van der Waals surface area contributed by atoms with E-state index in [2.05, 4.69) is 24.5 Å². The van der Waals surface area contributed by atoms with Crippen molar-refractivity contribution in [3.8, 4) is 11.5 Å². The van der Waals surface area contributed by atoms with Gasteiger partial charge in [0.1, 0.15) is 0 Å². The highest BCUT2D eigenvalue weighted by Gasteiger charge is 2.12. The zero-order valence-corrected chi connectivity index (χ0v) is 13.4. The van der Waals surface area contributed by atoms with Gasteiger partial charge in [-0.15, -0.1) is 0 Å². The maximum Gasteiger partial charge on any atom is 0.257 e. The molecule has 0 saturated carbocycles. The second kappa shape index (κ2) is 9.23. The lowest BCUT2D eigenvalue weighted by molar-refractivity contribution is -0.123. The molecule has 1 amide bonds. The Morgan fingerprint density at radius 1 is 1.33 bits per heavy atom. The van der Waals surface area contributed by atoms with E-state index in [0.29, 0.717) is 30.5 Å². The molecule has 0 aromatic heterocycles. The van der Waals surface area contributed by atoms with Gasteiger partial charge in [0.05, 0.1) is 7.11 Å². The number of para-hydroxylation sites is 1. The SMILES string of the molecule is CCNC(=O)COc1c(CNCC(C)C)cccc1OC. The molecule has 5 nitrogen and oxygen atoms in total. The average Bonchev–Trinajstić information content (AvgIpc) is 2.45. The van der Waals surface area contributed by atoms with E-state index in [1.807, 2.05) is 25.1 Å². The first-order chi connectivity index (χ1) is 10.1. The van der Waals surface area contributed by atoms with Crippen LogP contribution in [-0.4, -0.2) is 32.7 Å². The van der Waals surface area contributed by atoms with Gasteiger partial charge in [-0.2, -0.15) is 0 Å². The fourth-order valence-electron chi connectivity index (χ4n) is 1.91. The minimum Gasteiger partial charge on any atom is -0.493 e. The van der Waals surface area contributed by atoms with Crippen LogP contribution in [0.3, 0.4) is 0 Å². The molecule has 0 saturated heterocycles. The molecule has 21 heavy (non-hydrogen) atoms. The highest BCUT2D eigenvalue weighted by Crippen LogP contribution is 2.31. The standard InChI is InChI=1S/C16H26N2O3/c1-5-18-15(19)11-21-16-13(10-17-9-12(2)3)7-6-8-14(16)20-4/h6-8,12,17H,5,9-11H2,1-4H3,(H,18,19). The molecule has 0 atom stereocenters. The van der Waals surface area contributed by atoms with Crippen LogP contribution in [0.5, 0.6) is 11.5 Å². The van der Waals surface area contributed by atoms with Gasteiger partial charge in [-0.05, 0) is 25.5 Å². The zero-order valence-electron chi connectivity index (χ0n) is 13.4. The molecule has 0 radical (unpaired) electrons. The minimum absolute atomic E-state index is 0.00854. The summed E-state index contributed by atoms with van der Waals surface area (Å²) in [7, 11) is 1.60. The second-order valence-corrected chi connectivity index (χ2v) is 5.22. The van der Waals surface area contributed by atoms with Gasteiger partial charge >= 0.3 is 0 Å². The number of amides is 1. The van der Waals surface area contributed by atoms with Crippen molar-refractivity contribution in [2.24, 2.45) is 5.92 Å². The summed E-state index contributed by atoms with van der Waals surface area (Å²) in [5.41, 5.74) is 0.985. The van der Waals surface area contributed by atoms with E-state index in [1.54, 1.807) is 7.11 Å². The number of carbonyl (C=O) groups excluding carboxylic acids is 1. The van der Waals surface area contributed by atoms with Gasteiger partial charge in [0.2, 0.25) is 0 Å². The van der Waals surface area contributed by atoms with Crippen molar-refractivity contribution in [3.05, 3.63) is 23.8 Å². The van der Waals surface area contributed by atoms with Crippen LogP contribution in [0.15, 0.2) is 18.2 Å². The summed E-state index contributed by atoms with van der Waals surface area (Å²) in [5.74, 6) is 1.71. The molecule has 1 rings (SSSR count). The first kappa shape index (κ1) is 17.3. The van der Waals surface area contributed by atoms with E-state index >= 15 is 0 Å². The van der Waals surface area contributed by atoms with Gasteiger partial charge < -0.3 is 20.1 Å². The van der Waals surface area contributed by atoms with Gasteiger partial charge in [0.25, 0.3) is 5.91 Å². The number of hydrogen-bond donors (Lipinski definition) is 2. The Balaban J connectivity index is 2.74. The molecule has 0 aliphatic carbocycles. The second-order valence-electron chi connectivity index (χ2n) is 5.22. The number of benzene rings is 1. The molecular formula is C16H26N2O3. The largest absolute Gasteiger partial charge is 0.493 e. The fourth-order valence-corrected chi connectivity index (χ4v) is 1.91. The van der Waals surface area contributed by atoms with E-state index in [-0.39, 0.29) is 12.5 Å². The van der Waals surface area contributed by atoms with Crippen molar-refractivity contribution < 1.29 is 14.3 Å². The van der Waals surface area contributed by atoms with Crippen LogP contribution in [0.2, 0.25) is 0 Å². The van der Waals surface area contributed by atoms with Gasteiger partial charge in [0.15, 0.2) is 18.1 Å². The van der Waals surface area contributed by atoms with Crippen LogP contribution >= 0.6 is 0 Å². The van der Waals surface area contributed by atoms with Crippen molar-refractivity contribution in [1.29, 1.82) is 0 Å². The third-order valence-corrected chi connectivity index (χ3v) is 2.87. The molecule has 0 heterocycles. The Kier molecular flexibility index (Phi) is 7.61. The molecular weight excluding hydrogens is 268 g/mol. The summed E-state index contributed by atoms with van der Waals surface area (Å²) < 4.78 is 11.0. The molecule has 0 spiro atoms.